The molecule has 1 aromatic carbocycles. The number of rotatable bonds is 4. The van der Waals surface area contributed by atoms with Crippen molar-refractivity contribution in [3.8, 4) is 5.75 Å². The van der Waals surface area contributed by atoms with Crippen LogP contribution >= 0.6 is 0 Å². The quantitative estimate of drug-likeness (QED) is 0.261. The first-order valence-electron chi connectivity index (χ1n) is 4.01. The summed E-state index contributed by atoms with van der Waals surface area (Å²) >= 11 is -7.13. The molecule has 1 unspecified atom stereocenters. The molecule has 0 spiro atoms. The Morgan fingerprint density at radius 2 is 2.00 bits per heavy atom. The summed E-state index contributed by atoms with van der Waals surface area (Å²) in [5.41, 5.74) is 0.00429. The average Bonchev–Trinajstić information content (AvgIpc) is 2.14. The van der Waals surface area contributed by atoms with Gasteiger partial charge in [-0.15, -0.1) is 0 Å². The molecule has 0 radical (unpaired) electrons. The van der Waals surface area contributed by atoms with E-state index in [1.807, 2.05) is 0 Å². The molecule has 0 bridgehead atoms. The SMILES string of the molecule is O=S(O)CNc1cc([As](=O)(O)O)ccc1O. The number of hydrogen-bond donors (Lipinski definition) is 5. The second kappa shape index (κ2) is 5.03. The summed E-state index contributed by atoms with van der Waals surface area (Å²) in [5.74, 6) is -0.594. The molecule has 0 aliphatic heterocycles. The van der Waals surface area contributed by atoms with Crippen molar-refractivity contribution in [1.29, 1.82) is 0 Å². The fourth-order valence-corrected chi connectivity index (χ4v) is 2.45. The maximum absolute atomic E-state index is 11.0. The van der Waals surface area contributed by atoms with Gasteiger partial charge in [0.15, 0.2) is 0 Å². The van der Waals surface area contributed by atoms with E-state index in [-0.39, 0.29) is 21.7 Å². The molecule has 9 heteroatoms. The molecule has 1 atom stereocenters. The van der Waals surface area contributed by atoms with E-state index in [0.29, 0.717) is 0 Å². The summed E-state index contributed by atoms with van der Waals surface area (Å²) in [4.78, 5) is 0. The van der Waals surface area contributed by atoms with Crippen LogP contribution in [0.15, 0.2) is 18.2 Å². The molecule has 0 saturated carbocycles. The fraction of sp³-hybridized carbons (Fsp3) is 0.143. The minimum absolute atomic E-state index is 0.00429. The van der Waals surface area contributed by atoms with Gasteiger partial charge in [-0.2, -0.15) is 0 Å². The molecule has 0 amide bonds. The molecule has 0 aromatic heterocycles. The van der Waals surface area contributed by atoms with Crippen molar-refractivity contribution in [2.75, 3.05) is 11.2 Å². The molecule has 0 saturated heterocycles. The monoisotopic (exact) mass is 311 g/mol. The van der Waals surface area contributed by atoms with Crippen molar-refractivity contribution in [3.63, 3.8) is 0 Å². The number of nitrogens with one attached hydrogen (secondary N) is 1. The van der Waals surface area contributed by atoms with Gasteiger partial charge in [-0.1, -0.05) is 0 Å². The first-order chi connectivity index (χ1) is 7.30. The van der Waals surface area contributed by atoms with Crippen molar-refractivity contribution >= 4 is 35.3 Å². The normalized spacial score (nSPS) is 13.4. The van der Waals surface area contributed by atoms with Crippen molar-refractivity contribution in [3.05, 3.63) is 18.2 Å². The summed E-state index contributed by atoms with van der Waals surface area (Å²) in [7, 11) is 0. The van der Waals surface area contributed by atoms with Crippen LogP contribution in [-0.4, -0.2) is 42.1 Å². The number of benzene rings is 1. The van der Waals surface area contributed by atoms with E-state index in [0.717, 1.165) is 18.2 Å². The van der Waals surface area contributed by atoms with Gasteiger partial charge in [-0.05, 0) is 0 Å². The van der Waals surface area contributed by atoms with Crippen molar-refractivity contribution in [2.45, 2.75) is 0 Å². The summed E-state index contributed by atoms with van der Waals surface area (Å²) in [5, 5.41) is 11.7. The Labute approximate surface area is 96.4 Å². The maximum atomic E-state index is 11.0. The van der Waals surface area contributed by atoms with Crippen LogP contribution in [0.5, 0.6) is 5.75 Å². The molecule has 16 heavy (non-hydrogen) atoms. The van der Waals surface area contributed by atoms with Gasteiger partial charge in [0.2, 0.25) is 0 Å². The van der Waals surface area contributed by atoms with Crippen molar-refractivity contribution in [2.24, 2.45) is 0 Å². The van der Waals surface area contributed by atoms with Gasteiger partial charge in [-0.3, -0.25) is 0 Å². The van der Waals surface area contributed by atoms with Gasteiger partial charge in [0, 0.05) is 0 Å². The van der Waals surface area contributed by atoms with Crippen LogP contribution < -0.4 is 9.67 Å². The van der Waals surface area contributed by atoms with Crippen LogP contribution in [-0.2, 0) is 14.8 Å². The topological polar surface area (TPSA) is 127 Å². The van der Waals surface area contributed by atoms with E-state index < -0.39 is 25.3 Å². The fourth-order valence-electron chi connectivity index (χ4n) is 0.986. The number of phenols is 1. The van der Waals surface area contributed by atoms with E-state index in [1.165, 1.54) is 0 Å². The summed E-state index contributed by atoms with van der Waals surface area (Å²) < 4.78 is 47.5. The second-order valence-electron chi connectivity index (χ2n) is 2.89. The molecule has 0 fully saturated rings. The van der Waals surface area contributed by atoms with Gasteiger partial charge < -0.3 is 0 Å². The predicted molar refractivity (Wildman–Crippen MR) is 57.9 cm³/mol. The first-order valence-corrected chi connectivity index (χ1v) is 8.67. The van der Waals surface area contributed by atoms with Crippen LogP contribution in [0, 0.1) is 0 Å². The van der Waals surface area contributed by atoms with E-state index >= 15 is 0 Å². The molecule has 90 valence electrons. The predicted octanol–water partition coefficient (Wildman–Crippen LogP) is -1.46. The Morgan fingerprint density at radius 1 is 1.38 bits per heavy atom. The van der Waals surface area contributed by atoms with E-state index in [4.69, 9.17) is 12.7 Å². The third kappa shape index (κ3) is 3.65. The molecule has 7 nitrogen and oxygen atoms in total. The molecular weight excluding hydrogens is 301 g/mol. The van der Waals surface area contributed by atoms with Gasteiger partial charge in [0.05, 0.1) is 0 Å². The Morgan fingerprint density at radius 3 is 2.50 bits per heavy atom. The van der Waals surface area contributed by atoms with Crippen LogP contribution in [0.1, 0.15) is 0 Å². The summed E-state index contributed by atoms with van der Waals surface area (Å²) in [6.07, 6.45) is 0. The standard InChI is InChI=1S/C7H10AsNO6S/c10-7-2-1-5(8(11,12)13)3-6(7)9-4-16(14)15/h1-3,9-10H,4H2,(H,14,15)(H2,11,12,13). The van der Waals surface area contributed by atoms with Crippen LogP contribution in [0.2, 0.25) is 0 Å². The van der Waals surface area contributed by atoms with E-state index in [2.05, 4.69) is 5.32 Å². The Kier molecular flexibility index (Phi) is 4.17. The van der Waals surface area contributed by atoms with Crippen LogP contribution in [0.25, 0.3) is 0 Å². The second-order valence-corrected chi connectivity index (χ2v) is 7.19. The van der Waals surface area contributed by atoms with E-state index in [9.17, 15) is 13.1 Å². The summed E-state index contributed by atoms with van der Waals surface area (Å²) in [6.45, 7) is 0. The van der Waals surface area contributed by atoms with Gasteiger partial charge >= 0.3 is 96.2 Å². The number of anilines is 1. The third-order valence-electron chi connectivity index (χ3n) is 1.70. The van der Waals surface area contributed by atoms with E-state index in [1.54, 1.807) is 0 Å². The zero-order valence-corrected chi connectivity index (χ0v) is 10.6. The number of phenolic OH excluding ortho intramolecular Hbond substituents is 1. The average molecular weight is 311 g/mol. The zero-order chi connectivity index (χ0) is 12.3. The molecule has 1 rings (SSSR count). The zero-order valence-electron chi connectivity index (χ0n) is 7.90. The van der Waals surface area contributed by atoms with Crippen LogP contribution in [0.3, 0.4) is 0 Å². The molecule has 1 aromatic rings. The molecular formula is C7H10AsNO6S. The molecule has 0 aliphatic rings. The first kappa shape index (κ1) is 13.3. The van der Waals surface area contributed by atoms with Gasteiger partial charge in [-0.25, -0.2) is 0 Å². The molecule has 0 heterocycles. The molecule has 5 N–H and O–H groups in total. The number of aromatic hydroxyl groups is 1. The van der Waals surface area contributed by atoms with Crippen LogP contribution in [0.4, 0.5) is 5.69 Å². The van der Waals surface area contributed by atoms with Gasteiger partial charge in [0.25, 0.3) is 0 Å². The summed E-state index contributed by atoms with van der Waals surface area (Å²) in [6, 6.07) is 3.27. The van der Waals surface area contributed by atoms with Gasteiger partial charge in [0.1, 0.15) is 0 Å². The Balaban J connectivity index is 3.00. The van der Waals surface area contributed by atoms with Crippen molar-refractivity contribution < 1.29 is 25.8 Å². The Bertz CT molecular complexity index is 458. The number of hydrogen-bond acceptors (Lipinski definition) is 4. The Hall–Kier alpha value is -0.792. The third-order valence-corrected chi connectivity index (χ3v) is 4.09. The molecule has 0 aliphatic carbocycles. The van der Waals surface area contributed by atoms with Crippen molar-refractivity contribution in [1.82, 2.24) is 0 Å². The minimum atomic E-state index is -5.02.